The predicted molar refractivity (Wildman–Crippen MR) is 41.0 cm³/mol. The van der Waals surface area contributed by atoms with Gasteiger partial charge in [0.25, 0.3) is 0 Å². The van der Waals surface area contributed by atoms with Gasteiger partial charge < -0.3 is 20.8 Å². The molecular formula is C6H12N2O4. The molecule has 6 heteroatoms. The van der Waals surface area contributed by atoms with Crippen LogP contribution in [0.2, 0.25) is 0 Å². The molecule has 1 saturated heterocycles. The molecule has 0 saturated carbocycles. The fraction of sp³-hybridized carbons (Fsp3) is 0.667. The lowest BCUT2D eigenvalue weighted by Crippen LogP contribution is -2.39. The number of rotatable bonds is 0. The minimum atomic E-state index is -1.82. The Kier molecular flexibility index (Phi) is 5.94. The number of carbonyl (C=O) groups is 2. The number of aliphatic carboxylic acids is 2. The lowest BCUT2D eigenvalue weighted by atomic mass is 10.4. The van der Waals surface area contributed by atoms with Crippen LogP contribution in [0, 0.1) is 0 Å². The van der Waals surface area contributed by atoms with E-state index in [4.69, 9.17) is 19.8 Å². The number of carboxylic acids is 2. The topological polar surface area (TPSA) is 98.7 Å². The van der Waals surface area contributed by atoms with Crippen LogP contribution < -0.4 is 10.6 Å². The van der Waals surface area contributed by atoms with Gasteiger partial charge in [0.1, 0.15) is 0 Å². The minimum Gasteiger partial charge on any atom is -0.473 e. The molecule has 1 fully saturated rings. The summed E-state index contributed by atoms with van der Waals surface area (Å²) in [7, 11) is 0. The maximum Gasteiger partial charge on any atom is 0.414 e. The van der Waals surface area contributed by atoms with Gasteiger partial charge in [-0.1, -0.05) is 0 Å². The Morgan fingerprint density at radius 3 is 1.17 bits per heavy atom. The van der Waals surface area contributed by atoms with Crippen molar-refractivity contribution in [3.63, 3.8) is 0 Å². The van der Waals surface area contributed by atoms with Gasteiger partial charge >= 0.3 is 11.9 Å². The largest absolute Gasteiger partial charge is 0.473 e. The van der Waals surface area contributed by atoms with E-state index in [1.54, 1.807) is 0 Å². The van der Waals surface area contributed by atoms with Gasteiger partial charge in [0, 0.05) is 26.2 Å². The molecule has 0 unspecified atom stereocenters. The highest BCUT2D eigenvalue weighted by atomic mass is 16.4. The Bertz CT molecular complexity index is 132. The van der Waals surface area contributed by atoms with E-state index in [1.165, 1.54) is 0 Å². The lowest BCUT2D eigenvalue weighted by Gasteiger charge is -2.11. The third-order valence-corrected chi connectivity index (χ3v) is 1.14. The van der Waals surface area contributed by atoms with Gasteiger partial charge in [0.15, 0.2) is 0 Å². The van der Waals surface area contributed by atoms with Gasteiger partial charge in [-0.05, 0) is 0 Å². The monoisotopic (exact) mass is 176 g/mol. The number of piperazine rings is 1. The highest BCUT2D eigenvalue weighted by Crippen LogP contribution is 1.65. The van der Waals surface area contributed by atoms with Crippen LogP contribution in [0.5, 0.6) is 0 Å². The molecule has 0 bridgehead atoms. The van der Waals surface area contributed by atoms with Crippen LogP contribution in [0.4, 0.5) is 0 Å². The minimum absolute atomic E-state index is 1.14. The molecule has 0 aromatic carbocycles. The molecule has 0 atom stereocenters. The van der Waals surface area contributed by atoms with E-state index < -0.39 is 11.9 Å². The average Bonchev–Trinajstić information content (AvgIpc) is 2.08. The molecule has 0 aromatic rings. The number of carboxylic acid groups (broad SMARTS) is 2. The maximum atomic E-state index is 9.10. The summed E-state index contributed by atoms with van der Waals surface area (Å²) in [6.45, 7) is 4.56. The number of hydrogen-bond donors (Lipinski definition) is 4. The van der Waals surface area contributed by atoms with Crippen molar-refractivity contribution in [3.8, 4) is 0 Å². The summed E-state index contributed by atoms with van der Waals surface area (Å²) < 4.78 is 0. The van der Waals surface area contributed by atoms with Gasteiger partial charge in [0.05, 0.1) is 0 Å². The zero-order valence-electron chi connectivity index (χ0n) is 6.54. The van der Waals surface area contributed by atoms with Crippen molar-refractivity contribution >= 4 is 11.9 Å². The summed E-state index contributed by atoms with van der Waals surface area (Å²) in [5, 5.41) is 21.2. The van der Waals surface area contributed by atoms with Gasteiger partial charge in [0.2, 0.25) is 0 Å². The average molecular weight is 176 g/mol. The molecule has 1 aliphatic heterocycles. The molecule has 1 rings (SSSR count). The van der Waals surface area contributed by atoms with Crippen LogP contribution >= 0.6 is 0 Å². The zero-order valence-corrected chi connectivity index (χ0v) is 6.54. The molecule has 0 aromatic heterocycles. The van der Waals surface area contributed by atoms with Crippen LogP contribution in [0.1, 0.15) is 0 Å². The number of hydrogen-bond acceptors (Lipinski definition) is 4. The summed E-state index contributed by atoms with van der Waals surface area (Å²) in [6, 6.07) is 0. The summed E-state index contributed by atoms with van der Waals surface area (Å²) in [4.78, 5) is 18.2. The molecule has 0 radical (unpaired) electrons. The van der Waals surface area contributed by atoms with E-state index >= 15 is 0 Å². The molecule has 1 aliphatic rings. The third-order valence-electron chi connectivity index (χ3n) is 1.14. The van der Waals surface area contributed by atoms with Crippen molar-refractivity contribution in [2.24, 2.45) is 0 Å². The van der Waals surface area contributed by atoms with Crippen molar-refractivity contribution in [2.75, 3.05) is 26.2 Å². The second kappa shape index (κ2) is 6.56. The standard InChI is InChI=1S/C4H10N2.C2H2O4/c1-2-6-4-3-5-1;3-1(4)2(5)6/h5-6H,1-4H2;(H,3,4)(H,5,6). The molecule has 70 valence electrons. The van der Waals surface area contributed by atoms with Crippen molar-refractivity contribution < 1.29 is 19.8 Å². The summed E-state index contributed by atoms with van der Waals surface area (Å²) in [5.41, 5.74) is 0. The maximum absolute atomic E-state index is 9.10. The van der Waals surface area contributed by atoms with Gasteiger partial charge in [-0.3, -0.25) is 0 Å². The van der Waals surface area contributed by atoms with Gasteiger partial charge in [-0.2, -0.15) is 0 Å². The van der Waals surface area contributed by atoms with Gasteiger partial charge in [-0.25, -0.2) is 9.59 Å². The van der Waals surface area contributed by atoms with Crippen LogP contribution in [-0.2, 0) is 9.59 Å². The normalized spacial score (nSPS) is 15.7. The van der Waals surface area contributed by atoms with Crippen molar-refractivity contribution in [1.82, 2.24) is 10.6 Å². The first-order chi connectivity index (χ1) is 5.64. The molecule has 0 amide bonds. The first-order valence-corrected chi connectivity index (χ1v) is 3.52. The molecule has 0 aliphatic carbocycles. The van der Waals surface area contributed by atoms with E-state index in [0.717, 1.165) is 26.2 Å². The highest BCUT2D eigenvalue weighted by Gasteiger charge is 2.04. The van der Waals surface area contributed by atoms with Crippen LogP contribution in [-0.4, -0.2) is 48.3 Å². The molecule has 4 N–H and O–H groups in total. The Balaban J connectivity index is 0.000000202. The second-order valence-electron chi connectivity index (χ2n) is 2.11. The molecular weight excluding hydrogens is 164 g/mol. The third kappa shape index (κ3) is 6.97. The molecule has 0 spiro atoms. The lowest BCUT2D eigenvalue weighted by molar-refractivity contribution is -0.159. The quantitative estimate of drug-likeness (QED) is 0.329. The molecule has 6 nitrogen and oxygen atoms in total. The van der Waals surface area contributed by atoms with E-state index in [2.05, 4.69) is 10.6 Å². The van der Waals surface area contributed by atoms with Gasteiger partial charge in [-0.15, -0.1) is 0 Å². The Morgan fingerprint density at radius 1 is 0.833 bits per heavy atom. The van der Waals surface area contributed by atoms with Crippen LogP contribution in [0.25, 0.3) is 0 Å². The van der Waals surface area contributed by atoms with Crippen molar-refractivity contribution in [2.45, 2.75) is 0 Å². The van der Waals surface area contributed by atoms with Crippen LogP contribution in [0.3, 0.4) is 0 Å². The first kappa shape index (κ1) is 10.9. The van der Waals surface area contributed by atoms with E-state index in [9.17, 15) is 0 Å². The summed E-state index contributed by atoms with van der Waals surface area (Å²) in [5.74, 6) is -3.65. The Hall–Kier alpha value is -1.14. The SMILES string of the molecule is C1CNCCN1.O=C(O)C(=O)O. The fourth-order valence-electron chi connectivity index (χ4n) is 0.604. The van der Waals surface area contributed by atoms with E-state index in [-0.39, 0.29) is 0 Å². The molecule has 1 heterocycles. The first-order valence-electron chi connectivity index (χ1n) is 3.52. The highest BCUT2D eigenvalue weighted by molar-refractivity contribution is 6.27. The van der Waals surface area contributed by atoms with Crippen molar-refractivity contribution in [1.29, 1.82) is 0 Å². The second-order valence-corrected chi connectivity index (χ2v) is 2.11. The molecule has 12 heavy (non-hydrogen) atoms. The van der Waals surface area contributed by atoms with E-state index in [1.807, 2.05) is 0 Å². The van der Waals surface area contributed by atoms with Crippen molar-refractivity contribution in [3.05, 3.63) is 0 Å². The zero-order chi connectivity index (χ0) is 9.40. The Morgan fingerprint density at radius 2 is 1.08 bits per heavy atom. The fourth-order valence-corrected chi connectivity index (χ4v) is 0.604. The summed E-state index contributed by atoms with van der Waals surface area (Å²) >= 11 is 0. The van der Waals surface area contributed by atoms with Crippen LogP contribution in [0.15, 0.2) is 0 Å². The summed E-state index contributed by atoms with van der Waals surface area (Å²) in [6.07, 6.45) is 0. The Labute approximate surface area is 69.6 Å². The smallest absolute Gasteiger partial charge is 0.414 e. The van der Waals surface area contributed by atoms with E-state index in [0.29, 0.717) is 0 Å². The number of nitrogens with one attached hydrogen (secondary N) is 2. The predicted octanol–water partition coefficient (Wildman–Crippen LogP) is -1.67.